The van der Waals surface area contributed by atoms with E-state index in [0.717, 1.165) is 0 Å². The highest BCUT2D eigenvalue weighted by Crippen LogP contribution is 2.34. The maximum atomic E-state index is 2.32. The van der Waals surface area contributed by atoms with Crippen molar-refractivity contribution < 1.29 is 9.13 Å². The molecule has 128 valence electrons. The minimum atomic E-state index is 1.26. The minimum Gasteiger partial charge on any atom is -0.201 e. The zero-order valence-electron chi connectivity index (χ0n) is 16.4. The van der Waals surface area contributed by atoms with Gasteiger partial charge < -0.3 is 0 Å². The predicted molar refractivity (Wildman–Crippen MR) is 103 cm³/mol. The highest BCUT2D eigenvalue weighted by molar-refractivity contribution is 5.78. The van der Waals surface area contributed by atoms with Gasteiger partial charge in [0.2, 0.25) is 11.4 Å². The molecule has 3 rings (SSSR count). The molecule has 1 aromatic carbocycles. The third kappa shape index (κ3) is 3.09. The molecule has 0 unspecified atom stereocenters. The second-order valence-corrected chi connectivity index (χ2v) is 7.29. The smallest absolute Gasteiger partial charge is 0.201 e. The van der Waals surface area contributed by atoms with Gasteiger partial charge in [-0.1, -0.05) is 6.07 Å². The van der Waals surface area contributed by atoms with Crippen LogP contribution in [0.4, 0.5) is 0 Å². The first-order chi connectivity index (χ1) is 11.8. The second kappa shape index (κ2) is 6.44. The molecule has 0 aliphatic heterocycles. The van der Waals surface area contributed by atoms with Gasteiger partial charge in [-0.25, -0.2) is 9.13 Å². The van der Waals surface area contributed by atoms with E-state index >= 15 is 0 Å². The van der Waals surface area contributed by atoms with Gasteiger partial charge in [0, 0.05) is 23.3 Å². The third-order valence-corrected chi connectivity index (χ3v) is 5.05. The van der Waals surface area contributed by atoms with Crippen LogP contribution >= 0.6 is 0 Å². The van der Waals surface area contributed by atoms with Crippen LogP contribution in [0.3, 0.4) is 0 Å². The summed E-state index contributed by atoms with van der Waals surface area (Å²) in [5, 5.41) is 0. The molecule has 0 atom stereocenters. The largest absolute Gasteiger partial charge is 0.212 e. The summed E-state index contributed by atoms with van der Waals surface area (Å²) in [6.07, 6.45) is 4.39. The molecule has 2 heteroatoms. The molecule has 2 aromatic heterocycles. The van der Waals surface area contributed by atoms with Crippen LogP contribution in [0.15, 0.2) is 42.7 Å². The molecule has 0 fully saturated rings. The Balaban J connectivity index is 2.32. The lowest BCUT2D eigenvalue weighted by atomic mass is 9.89. The Morgan fingerprint density at radius 2 is 1.00 bits per heavy atom. The molecule has 0 bridgehead atoms. The molecule has 25 heavy (non-hydrogen) atoms. The number of aryl methyl sites for hydroxylation is 6. The van der Waals surface area contributed by atoms with Crippen molar-refractivity contribution in [3.63, 3.8) is 0 Å². The average molecular weight is 332 g/mol. The normalized spacial score (nSPS) is 11.0. The number of rotatable bonds is 2. The van der Waals surface area contributed by atoms with E-state index in [1.165, 1.54) is 50.3 Å². The summed E-state index contributed by atoms with van der Waals surface area (Å²) in [5.74, 6) is 0. The maximum absolute atomic E-state index is 2.32. The molecule has 0 spiro atoms. The summed E-state index contributed by atoms with van der Waals surface area (Å²) in [4.78, 5) is 0. The van der Waals surface area contributed by atoms with Gasteiger partial charge in [0.15, 0.2) is 12.4 Å². The molecule has 0 amide bonds. The molecular weight excluding hydrogens is 304 g/mol. The van der Waals surface area contributed by atoms with Crippen LogP contribution in [0.25, 0.3) is 22.5 Å². The third-order valence-electron chi connectivity index (χ3n) is 5.05. The summed E-state index contributed by atoms with van der Waals surface area (Å²) in [5.41, 5.74) is 11.7. The van der Waals surface area contributed by atoms with Crippen LogP contribution in [0, 0.1) is 34.6 Å². The van der Waals surface area contributed by atoms with E-state index in [-0.39, 0.29) is 0 Å². The Bertz CT molecular complexity index is 893. The Labute approximate surface area is 151 Å². The predicted octanol–water partition coefficient (Wildman–Crippen LogP) is 4.21. The fourth-order valence-electron chi connectivity index (χ4n) is 3.99. The topological polar surface area (TPSA) is 7.76 Å². The molecule has 0 saturated carbocycles. The zero-order chi connectivity index (χ0) is 18.3. The van der Waals surface area contributed by atoms with Gasteiger partial charge in [0.25, 0.3) is 0 Å². The molecule has 0 N–H and O–H groups in total. The van der Waals surface area contributed by atoms with Crippen LogP contribution < -0.4 is 9.13 Å². The van der Waals surface area contributed by atoms with Gasteiger partial charge in [0.05, 0.1) is 11.1 Å². The van der Waals surface area contributed by atoms with E-state index < -0.39 is 0 Å². The van der Waals surface area contributed by atoms with Crippen molar-refractivity contribution in [3.8, 4) is 22.5 Å². The van der Waals surface area contributed by atoms with Crippen LogP contribution in [0.1, 0.15) is 27.8 Å². The summed E-state index contributed by atoms with van der Waals surface area (Å²) in [6.45, 7) is 11.0. The van der Waals surface area contributed by atoms with Gasteiger partial charge in [-0.15, -0.1) is 0 Å². The van der Waals surface area contributed by atoms with E-state index in [0.29, 0.717) is 0 Å². The van der Waals surface area contributed by atoms with Gasteiger partial charge in [-0.3, -0.25) is 0 Å². The minimum absolute atomic E-state index is 1.26. The Morgan fingerprint density at radius 1 is 0.600 bits per heavy atom. The van der Waals surface area contributed by atoms with Crippen molar-refractivity contribution in [1.82, 2.24) is 0 Å². The molecule has 0 aliphatic carbocycles. The van der Waals surface area contributed by atoms with E-state index in [1.54, 1.807) is 0 Å². The highest BCUT2D eigenvalue weighted by atomic mass is 14.9. The monoisotopic (exact) mass is 332 g/mol. The molecule has 2 heterocycles. The van der Waals surface area contributed by atoms with E-state index in [4.69, 9.17) is 0 Å². The van der Waals surface area contributed by atoms with Crippen LogP contribution in [0.2, 0.25) is 0 Å². The number of hydrogen-bond acceptors (Lipinski definition) is 0. The summed E-state index contributed by atoms with van der Waals surface area (Å²) in [7, 11) is 4.26. The van der Waals surface area contributed by atoms with Gasteiger partial charge in [-0.05, 0) is 63.4 Å². The first-order valence-corrected chi connectivity index (χ1v) is 8.83. The maximum Gasteiger partial charge on any atom is 0.212 e. The molecule has 0 aliphatic rings. The molecule has 3 aromatic rings. The Hall–Kier alpha value is -2.48. The molecule has 2 nitrogen and oxygen atoms in total. The second-order valence-electron chi connectivity index (χ2n) is 7.29. The molecule has 0 saturated heterocycles. The number of nitrogens with zero attached hydrogens (tertiary/aromatic N) is 2. The van der Waals surface area contributed by atoms with Crippen molar-refractivity contribution in [2.24, 2.45) is 14.1 Å². The van der Waals surface area contributed by atoms with Crippen molar-refractivity contribution in [2.45, 2.75) is 34.6 Å². The van der Waals surface area contributed by atoms with Gasteiger partial charge >= 0.3 is 0 Å². The molecular formula is C23H28N2+2. The van der Waals surface area contributed by atoms with E-state index in [1.807, 2.05) is 0 Å². The average Bonchev–Trinajstić information content (AvgIpc) is 2.51. The Kier molecular flexibility index (Phi) is 4.47. The number of benzene rings is 1. The first-order valence-electron chi connectivity index (χ1n) is 8.83. The van der Waals surface area contributed by atoms with Crippen LogP contribution in [-0.4, -0.2) is 0 Å². The highest BCUT2D eigenvalue weighted by Gasteiger charge is 2.23. The standard InChI is InChI=1S/C23H28N2/c1-15-8-10-20(24(6)13-15)22-17(3)12-18(4)23(19(22)5)21-11-9-16(2)14-25(21)7/h8-14H,1-7H3/q+2. The van der Waals surface area contributed by atoms with Gasteiger partial charge in [0.1, 0.15) is 14.1 Å². The lowest BCUT2D eigenvalue weighted by molar-refractivity contribution is -0.661. The lowest BCUT2D eigenvalue weighted by Crippen LogP contribution is -2.32. The zero-order valence-corrected chi connectivity index (χ0v) is 16.4. The van der Waals surface area contributed by atoms with Crippen LogP contribution in [-0.2, 0) is 14.1 Å². The van der Waals surface area contributed by atoms with Crippen molar-refractivity contribution in [2.75, 3.05) is 0 Å². The van der Waals surface area contributed by atoms with E-state index in [9.17, 15) is 0 Å². The lowest BCUT2D eigenvalue weighted by Gasteiger charge is -2.15. The summed E-state index contributed by atoms with van der Waals surface area (Å²) < 4.78 is 4.47. The fraction of sp³-hybridized carbons (Fsp3) is 0.304. The first kappa shape index (κ1) is 17.3. The van der Waals surface area contributed by atoms with Crippen molar-refractivity contribution >= 4 is 0 Å². The van der Waals surface area contributed by atoms with Gasteiger partial charge in [-0.2, -0.15) is 0 Å². The fourth-order valence-corrected chi connectivity index (χ4v) is 3.99. The number of pyridine rings is 2. The van der Waals surface area contributed by atoms with Crippen LogP contribution in [0.5, 0.6) is 0 Å². The van der Waals surface area contributed by atoms with E-state index in [2.05, 4.69) is 101 Å². The number of hydrogen-bond donors (Lipinski definition) is 0. The van der Waals surface area contributed by atoms with Crippen molar-refractivity contribution in [1.29, 1.82) is 0 Å². The SMILES string of the molecule is Cc1ccc(-c2c(C)cc(C)c(-c3ccc(C)c[n+]3C)c2C)[n+](C)c1. The number of aromatic nitrogens is 2. The van der Waals surface area contributed by atoms with Crippen molar-refractivity contribution in [3.05, 3.63) is 70.5 Å². The summed E-state index contributed by atoms with van der Waals surface area (Å²) >= 11 is 0. The Morgan fingerprint density at radius 3 is 1.36 bits per heavy atom. The quantitative estimate of drug-likeness (QED) is 0.621. The molecule has 0 radical (unpaired) electrons. The summed E-state index contributed by atoms with van der Waals surface area (Å²) in [6, 6.07) is 11.2.